The fourth-order valence-corrected chi connectivity index (χ4v) is 1.98. The maximum atomic E-state index is 13.8. The lowest BCUT2D eigenvalue weighted by molar-refractivity contribution is 0.578. The Bertz CT molecular complexity index is 874. The molecule has 3 rings (SSSR count). The third-order valence-corrected chi connectivity index (χ3v) is 2.87. The molecule has 20 heavy (non-hydrogen) atoms. The van der Waals surface area contributed by atoms with Crippen LogP contribution < -0.4 is 5.43 Å². The van der Waals surface area contributed by atoms with E-state index < -0.39 is 22.9 Å². The average Bonchev–Trinajstić information content (AvgIpc) is 2.41. The number of hydrogen-bond acceptors (Lipinski definition) is 2. The fraction of sp³-hybridized carbons (Fsp3) is 0. The number of rotatable bonds is 1. The molecule has 1 aromatic carbocycles. The molecule has 0 N–H and O–H groups in total. The Morgan fingerprint density at radius 3 is 2.55 bits per heavy atom. The van der Waals surface area contributed by atoms with Gasteiger partial charge in [-0.15, -0.1) is 0 Å². The van der Waals surface area contributed by atoms with Gasteiger partial charge in [0.25, 0.3) is 0 Å². The third-order valence-electron chi connectivity index (χ3n) is 2.87. The number of nitrogens with zero attached hydrogens (tertiary/aromatic N) is 2. The molecule has 100 valence electrons. The van der Waals surface area contributed by atoms with Crippen molar-refractivity contribution in [1.29, 1.82) is 0 Å². The Balaban J connectivity index is 2.37. The van der Waals surface area contributed by atoms with Crippen molar-refractivity contribution in [2.45, 2.75) is 0 Å². The molecular formula is C14H7F3N2O. The molecule has 6 heteroatoms. The molecule has 2 heterocycles. The molecule has 0 aliphatic heterocycles. The van der Waals surface area contributed by atoms with Crippen molar-refractivity contribution in [3.63, 3.8) is 0 Å². The van der Waals surface area contributed by atoms with Crippen LogP contribution in [0.2, 0.25) is 0 Å². The first-order chi connectivity index (χ1) is 9.56. The van der Waals surface area contributed by atoms with Crippen LogP contribution in [0.1, 0.15) is 0 Å². The van der Waals surface area contributed by atoms with Crippen molar-refractivity contribution in [1.82, 2.24) is 9.55 Å². The lowest BCUT2D eigenvalue weighted by Gasteiger charge is -2.10. The average molecular weight is 276 g/mol. The first-order valence-electron chi connectivity index (χ1n) is 5.68. The lowest BCUT2D eigenvalue weighted by atomic mass is 10.2. The highest BCUT2D eigenvalue weighted by Crippen LogP contribution is 2.18. The first-order valence-corrected chi connectivity index (χ1v) is 5.68. The van der Waals surface area contributed by atoms with Crippen molar-refractivity contribution in [3.8, 4) is 5.69 Å². The summed E-state index contributed by atoms with van der Waals surface area (Å²) in [5, 5.41) is 0.0243. The van der Waals surface area contributed by atoms with Crippen molar-refractivity contribution < 1.29 is 13.2 Å². The zero-order valence-electron chi connectivity index (χ0n) is 9.98. The molecule has 0 unspecified atom stereocenters. The van der Waals surface area contributed by atoms with E-state index in [1.54, 1.807) is 0 Å². The minimum Gasteiger partial charge on any atom is -0.298 e. The van der Waals surface area contributed by atoms with E-state index in [2.05, 4.69) is 4.98 Å². The van der Waals surface area contributed by atoms with Crippen molar-refractivity contribution in [2.24, 2.45) is 0 Å². The first kappa shape index (κ1) is 12.4. The number of aromatic nitrogens is 2. The van der Waals surface area contributed by atoms with Crippen LogP contribution in [0.3, 0.4) is 0 Å². The second-order valence-electron chi connectivity index (χ2n) is 4.17. The van der Waals surface area contributed by atoms with Crippen molar-refractivity contribution in [2.75, 3.05) is 0 Å². The van der Waals surface area contributed by atoms with Crippen LogP contribution in [-0.2, 0) is 0 Å². The Morgan fingerprint density at radius 1 is 1.00 bits per heavy atom. The minimum absolute atomic E-state index is 0.0236. The Kier molecular flexibility index (Phi) is 2.78. The highest BCUT2D eigenvalue weighted by molar-refractivity contribution is 5.76. The molecule has 0 aliphatic rings. The summed E-state index contributed by atoms with van der Waals surface area (Å²) < 4.78 is 41.2. The standard InChI is InChI=1S/C14H7F3N2O/c15-8-1-2-12(11(17)6-8)19-4-3-13(20)10-5-9(16)7-18-14(10)19/h1-7H. The lowest BCUT2D eigenvalue weighted by Crippen LogP contribution is -2.09. The molecule has 0 bridgehead atoms. The van der Waals surface area contributed by atoms with Crippen LogP contribution in [0.25, 0.3) is 16.7 Å². The van der Waals surface area contributed by atoms with E-state index in [1.165, 1.54) is 22.9 Å². The number of hydrogen-bond donors (Lipinski definition) is 0. The van der Waals surface area contributed by atoms with Gasteiger partial charge in [0.05, 0.1) is 17.3 Å². The molecule has 0 saturated carbocycles. The highest BCUT2D eigenvalue weighted by atomic mass is 19.1. The Hall–Kier alpha value is -2.63. The maximum Gasteiger partial charge on any atom is 0.191 e. The Morgan fingerprint density at radius 2 is 1.80 bits per heavy atom. The highest BCUT2D eigenvalue weighted by Gasteiger charge is 2.11. The maximum absolute atomic E-state index is 13.8. The van der Waals surface area contributed by atoms with Gasteiger partial charge in [0.1, 0.15) is 23.1 Å². The molecule has 3 aromatic rings. The van der Waals surface area contributed by atoms with Gasteiger partial charge in [-0.2, -0.15) is 0 Å². The van der Waals surface area contributed by atoms with Crippen molar-refractivity contribution in [3.05, 3.63) is 70.4 Å². The van der Waals surface area contributed by atoms with E-state index in [1.807, 2.05) is 0 Å². The molecule has 0 saturated heterocycles. The number of halogens is 3. The molecule has 2 aromatic heterocycles. The van der Waals surface area contributed by atoms with Crippen LogP contribution in [0.5, 0.6) is 0 Å². The molecule has 0 aliphatic carbocycles. The molecule has 0 atom stereocenters. The summed E-state index contributed by atoms with van der Waals surface area (Å²) in [6.07, 6.45) is 2.24. The van der Waals surface area contributed by atoms with E-state index in [-0.39, 0.29) is 16.7 Å². The summed E-state index contributed by atoms with van der Waals surface area (Å²) in [7, 11) is 0. The summed E-state index contributed by atoms with van der Waals surface area (Å²) in [6.45, 7) is 0. The van der Waals surface area contributed by atoms with Gasteiger partial charge in [-0.3, -0.25) is 9.36 Å². The largest absolute Gasteiger partial charge is 0.298 e. The number of fused-ring (bicyclic) bond motifs is 1. The molecule has 3 nitrogen and oxygen atoms in total. The number of pyridine rings is 2. The second-order valence-corrected chi connectivity index (χ2v) is 4.17. The van der Waals surface area contributed by atoms with Gasteiger partial charge in [-0.25, -0.2) is 18.2 Å². The molecule has 0 spiro atoms. The van der Waals surface area contributed by atoms with Gasteiger partial charge in [0, 0.05) is 18.3 Å². The van der Waals surface area contributed by atoms with Crippen LogP contribution >= 0.6 is 0 Å². The summed E-state index contributed by atoms with van der Waals surface area (Å²) in [4.78, 5) is 15.5. The number of benzene rings is 1. The molecule has 0 fully saturated rings. The predicted molar refractivity (Wildman–Crippen MR) is 67.2 cm³/mol. The van der Waals surface area contributed by atoms with Crippen LogP contribution in [0.15, 0.2) is 47.5 Å². The Labute approximate surface area is 110 Å². The van der Waals surface area contributed by atoms with Gasteiger partial charge in [0.15, 0.2) is 5.43 Å². The van der Waals surface area contributed by atoms with E-state index in [0.29, 0.717) is 0 Å². The van der Waals surface area contributed by atoms with Gasteiger partial charge in [-0.1, -0.05) is 0 Å². The monoisotopic (exact) mass is 276 g/mol. The molecule has 0 amide bonds. The van der Waals surface area contributed by atoms with E-state index in [0.717, 1.165) is 24.4 Å². The van der Waals surface area contributed by atoms with E-state index >= 15 is 0 Å². The van der Waals surface area contributed by atoms with Crippen LogP contribution in [0.4, 0.5) is 13.2 Å². The smallest absolute Gasteiger partial charge is 0.191 e. The van der Waals surface area contributed by atoms with E-state index in [9.17, 15) is 18.0 Å². The van der Waals surface area contributed by atoms with Gasteiger partial charge in [0.2, 0.25) is 0 Å². The van der Waals surface area contributed by atoms with Gasteiger partial charge in [-0.05, 0) is 18.2 Å². The van der Waals surface area contributed by atoms with Crippen LogP contribution in [0, 0.1) is 17.5 Å². The summed E-state index contributed by atoms with van der Waals surface area (Å²) in [6, 6.07) is 5.24. The van der Waals surface area contributed by atoms with E-state index in [4.69, 9.17) is 0 Å². The summed E-state index contributed by atoms with van der Waals surface area (Å²) >= 11 is 0. The second kappa shape index (κ2) is 4.48. The topological polar surface area (TPSA) is 34.9 Å². The third kappa shape index (κ3) is 1.95. The molecule has 0 radical (unpaired) electrons. The SMILES string of the molecule is O=c1ccn(-c2ccc(F)cc2F)c2ncc(F)cc12. The zero-order chi connectivity index (χ0) is 14.3. The normalized spacial score (nSPS) is 10.9. The minimum atomic E-state index is -0.805. The fourth-order valence-electron chi connectivity index (χ4n) is 1.98. The zero-order valence-corrected chi connectivity index (χ0v) is 9.98. The molecular weight excluding hydrogens is 269 g/mol. The van der Waals surface area contributed by atoms with Crippen molar-refractivity contribution >= 4 is 11.0 Å². The van der Waals surface area contributed by atoms with Gasteiger partial charge < -0.3 is 0 Å². The van der Waals surface area contributed by atoms with Crippen LogP contribution in [-0.4, -0.2) is 9.55 Å². The summed E-state index contributed by atoms with van der Waals surface area (Å²) in [5.74, 6) is -2.18. The predicted octanol–water partition coefficient (Wildman–Crippen LogP) is 2.80. The quantitative estimate of drug-likeness (QED) is 0.685. The van der Waals surface area contributed by atoms with Gasteiger partial charge >= 0.3 is 0 Å². The summed E-state index contributed by atoms with van der Waals surface area (Å²) in [5.41, 5.74) is -0.300.